The van der Waals surface area contributed by atoms with E-state index in [0.29, 0.717) is 5.92 Å². The zero-order valence-electron chi connectivity index (χ0n) is 6.84. The van der Waals surface area contributed by atoms with Crippen molar-refractivity contribution in [3.05, 3.63) is 0 Å². The fourth-order valence-electron chi connectivity index (χ4n) is 2.47. The van der Waals surface area contributed by atoms with E-state index >= 15 is 0 Å². The van der Waals surface area contributed by atoms with Gasteiger partial charge >= 0.3 is 5.97 Å². The van der Waals surface area contributed by atoms with E-state index in [1.54, 1.807) is 0 Å². The van der Waals surface area contributed by atoms with Gasteiger partial charge in [-0.1, -0.05) is 6.92 Å². The molecule has 62 valence electrons. The lowest BCUT2D eigenvalue weighted by atomic mass is 9.83. The van der Waals surface area contributed by atoms with Crippen molar-refractivity contribution in [1.29, 1.82) is 0 Å². The van der Waals surface area contributed by atoms with Gasteiger partial charge in [0.2, 0.25) is 0 Å². The third-order valence-electron chi connectivity index (χ3n) is 3.43. The SMILES string of the molecule is CC1CCC2(C(=O)O)CC2C1. The van der Waals surface area contributed by atoms with Gasteiger partial charge in [-0.15, -0.1) is 0 Å². The van der Waals surface area contributed by atoms with Crippen LogP contribution in [-0.4, -0.2) is 11.1 Å². The Hall–Kier alpha value is -0.530. The summed E-state index contributed by atoms with van der Waals surface area (Å²) in [5.41, 5.74) is -0.257. The summed E-state index contributed by atoms with van der Waals surface area (Å²) in [6, 6.07) is 0. The van der Waals surface area contributed by atoms with E-state index in [-0.39, 0.29) is 5.41 Å². The number of carboxylic acid groups (broad SMARTS) is 1. The van der Waals surface area contributed by atoms with Gasteiger partial charge in [0.15, 0.2) is 0 Å². The predicted molar refractivity (Wildman–Crippen MR) is 41.2 cm³/mol. The lowest BCUT2D eigenvalue weighted by Gasteiger charge is -2.22. The van der Waals surface area contributed by atoms with E-state index in [2.05, 4.69) is 6.92 Å². The molecule has 0 heterocycles. The van der Waals surface area contributed by atoms with Crippen LogP contribution >= 0.6 is 0 Å². The summed E-state index contributed by atoms with van der Waals surface area (Å²) in [7, 11) is 0. The van der Waals surface area contributed by atoms with Gasteiger partial charge in [0.25, 0.3) is 0 Å². The normalized spacial score (nSPS) is 48.1. The van der Waals surface area contributed by atoms with Gasteiger partial charge in [-0.3, -0.25) is 4.79 Å². The number of hydrogen-bond acceptors (Lipinski definition) is 1. The molecule has 2 aliphatic rings. The van der Waals surface area contributed by atoms with Crippen LogP contribution < -0.4 is 0 Å². The number of hydrogen-bond donors (Lipinski definition) is 1. The summed E-state index contributed by atoms with van der Waals surface area (Å²) in [6.45, 7) is 2.23. The summed E-state index contributed by atoms with van der Waals surface area (Å²) < 4.78 is 0. The molecule has 0 spiro atoms. The van der Waals surface area contributed by atoms with Gasteiger partial charge in [-0.2, -0.15) is 0 Å². The van der Waals surface area contributed by atoms with Crippen LogP contribution in [0.3, 0.4) is 0 Å². The Balaban J connectivity index is 2.08. The van der Waals surface area contributed by atoms with Crippen molar-refractivity contribution in [1.82, 2.24) is 0 Å². The fourth-order valence-corrected chi connectivity index (χ4v) is 2.47. The van der Waals surface area contributed by atoms with Crippen LogP contribution in [0, 0.1) is 17.3 Å². The number of aliphatic carboxylic acids is 1. The Bertz CT molecular complexity index is 200. The van der Waals surface area contributed by atoms with Crippen molar-refractivity contribution in [2.75, 3.05) is 0 Å². The molecule has 0 saturated heterocycles. The standard InChI is InChI=1S/C9H14O2/c1-6-2-3-9(8(10)11)5-7(9)4-6/h6-7H,2-5H2,1H3,(H,10,11). The molecule has 0 amide bonds. The van der Waals surface area contributed by atoms with Crippen LogP contribution in [0.15, 0.2) is 0 Å². The highest BCUT2D eigenvalue weighted by molar-refractivity contribution is 5.78. The zero-order chi connectivity index (χ0) is 8.06. The highest BCUT2D eigenvalue weighted by Crippen LogP contribution is 2.62. The van der Waals surface area contributed by atoms with E-state index in [4.69, 9.17) is 5.11 Å². The zero-order valence-corrected chi connectivity index (χ0v) is 6.84. The molecule has 0 aliphatic heterocycles. The van der Waals surface area contributed by atoms with E-state index in [9.17, 15) is 4.79 Å². The first kappa shape index (κ1) is 7.14. The summed E-state index contributed by atoms with van der Waals surface area (Å²) in [5, 5.41) is 8.93. The van der Waals surface area contributed by atoms with Gasteiger partial charge in [0.05, 0.1) is 5.41 Å². The van der Waals surface area contributed by atoms with Crippen LogP contribution in [0.5, 0.6) is 0 Å². The third kappa shape index (κ3) is 0.883. The van der Waals surface area contributed by atoms with Crippen LogP contribution in [0.1, 0.15) is 32.6 Å². The number of carbonyl (C=O) groups is 1. The second kappa shape index (κ2) is 1.99. The van der Waals surface area contributed by atoms with Gasteiger partial charge in [-0.25, -0.2) is 0 Å². The molecule has 1 N–H and O–H groups in total. The van der Waals surface area contributed by atoms with Crippen molar-refractivity contribution < 1.29 is 9.90 Å². The molecular formula is C9H14O2. The first-order valence-corrected chi connectivity index (χ1v) is 4.38. The van der Waals surface area contributed by atoms with Crippen molar-refractivity contribution in [2.45, 2.75) is 32.6 Å². The lowest BCUT2D eigenvalue weighted by Crippen LogP contribution is -2.22. The predicted octanol–water partition coefficient (Wildman–Crippen LogP) is 1.90. The van der Waals surface area contributed by atoms with E-state index in [1.807, 2.05) is 0 Å². The van der Waals surface area contributed by atoms with Gasteiger partial charge < -0.3 is 5.11 Å². The highest BCUT2D eigenvalue weighted by Gasteiger charge is 2.61. The minimum Gasteiger partial charge on any atom is -0.481 e. The molecule has 3 atom stereocenters. The molecule has 3 unspecified atom stereocenters. The first-order valence-electron chi connectivity index (χ1n) is 4.38. The maximum atomic E-state index is 10.8. The van der Waals surface area contributed by atoms with Crippen molar-refractivity contribution in [3.63, 3.8) is 0 Å². The van der Waals surface area contributed by atoms with Crippen molar-refractivity contribution in [2.24, 2.45) is 17.3 Å². The quantitative estimate of drug-likeness (QED) is 0.626. The molecule has 2 aliphatic carbocycles. The first-order chi connectivity index (χ1) is 5.15. The number of fused-ring (bicyclic) bond motifs is 1. The number of carboxylic acids is 1. The second-order valence-corrected chi connectivity index (χ2v) is 4.24. The summed E-state index contributed by atoms with van der Waals surface area (Å²) >= 11 is 0. The minimum absolute atomic E-state index is 0.257. The molecule has 2 nitrogen and oxygen atoms in total. The monoisotopic (exact) mass is 154 g/mol. The molecule has 0 bridgehead atoms. The van der Waals surface area contributed by atoms with E-state index in [1.165, 1.54) is 0 Å². The average molecular weight is 154 g/mol. The molecule has 2 saturated carbocycles. The molecule has 0 aromatic rings. The van der Waals surface area contributed by atoms with Crippen LogP contribution in [0.2, 0.25) is 0 Å². The molecular weight excluding hydrogens is 140 g/mol. The number of rotatable bonds is 1. The fraction of sp³-hybridized carbons (Fsp3) is 0.889. The molecule has 0 aromatic carbocycles. The van der Waals surface area contributed by atoms with Crippen LogP contribution in [0.25, 0.3) is 0 Å². The summed E-state index contributed by atoms with van der Waals surface area (Å²) in [5.74, 6) is 0.730. The maximum absolute atomic E-state index is 10.8. The topological polar surface area (TPSA) is 37.3 Å². The third-order valence-corrected chi connectivity index (χ3v) is 3.43. The Kier molecular flexibility index (Phi) is 1.29. The maximum Gasteiger partial charge on any atom is 0.309 e. The highest BCUT2D eigenvalue weighted by atomic mass is 16.4. The van der Waals surface area contributed by atoms with Gasteiger partial charge in [0.1, 0.15) is 0 Å². The second-order valence-electron chi connectivity index (χ2n) is 4.24. The van der Waals surface area contributed by atoms with Crippen LogP contribution in [0.4, 0.5) is 0 Å². The molecule has 0 radical (unpaired) electrons. The Labute approximate surface area is 66.6 Å². The van der Waals surface area contributed by atoms with Crippen molar-refractivity contribution >= 4 is 5.97 Å². The van der Waals surface area contributed by atoms with Crippen molar-refractivity contribution in [3.8, 4) is 0 Å². The lowest BCUT2D eigenvalue weighted by molar-refractivity contribution is -0.145. The van der Waals surface area contributed by atoms with E-state index < -0.39 is 5.97 Å². The van der Waals surface area contributed by atoms with Crippen LogP contribution in [-0.2, 0) is 4.79 Å². The van der Waals surface area contributed by atoms with Gasteiger partial charge in [-0.05, 0) is 37.5 Å². The molecule has 11 heavy (non-hydrogen) atoms. The summed E-state index contributed by atoms with van der Waals surface area (Å²) in [4.78, 5) is 10.8. The Morgan fingerprint density at radius 3 is 2.91 bits per heavy atom. The van der Waals surface area contributed by atoms with E-state index in [0.717, 1.165) is 31.6 Å². The Morgan fingerprint density at radius 1 is 1.64 bits per heavy atom. The molecule has 2 heteroatoms. The minimum atomic E-state index is -0.547. The Morgan fingerprint density at radius 2 is 2.36 bits per heavy atom. The molecule has 2 fully saturated rings. The van der Waals surface area contributed by atoms with Gasteiger partial charge in [0, 0.05) is 0 Å². The largest absolute Gasteiger partial charge is 0.481 e. The average Bonchev–Trinajstić information content (AvgIpc) is 2.62. The smallest absolute Gasteiger partial charge is 0.309 e. The molecule has 2 rings (SSSR count). The molecule has 0 aromatic heterocycles. The summed E-state index contributed by atoms with van der Waals surface area (Å²) in [6.07, 6.45) is 4.13.